The van der Waals surface area contributed by atoms with Gasteiger partial charge in [0.2, 0.25) is 5.91 Å². The number of nitrogens with zero attached hydrogens (tertiary/aromatic N) is 1. The van der Waals surface area contributed by atoms with Crippen LogP contribution in [-0.4, -0.2) is 42.5 Å². The maximum atomic E-state index is 13.2. The van der Waals surface area contributed by atoms with Crippen molar-refractivity contribution in [3.05, 3.63) is 57.7 Å². The first-order valence-corrected chi connectivity index (χ1v) is 12.2. The molecule has 0 saturated heterocycles. The van der Waals surface area contributed by atoms with Crippen LogP contribution in [0.2, 0.25) is 0 Å². The molecule has 0 bridgehead atoms. The highest BCUT2D eigenvalue weighted by Crippen LogP contribution is 2.20. The lowest BCUT2D eigenvalue weighted by Gasteiger charge is -2.31. The normalized spacial score (nSPS) is 15.0. The van der Waals surface area contributed by atoms with Crippen molar-refractivity contribution in [3.63, 3.8) is 0 Å². The van der Waals surface area contributed by atoms with E-state index in [2.05, 4.69) is 27.9 Å². The highest BCUT2D eigenvalue weighted by atomic mass is 127. The smallest absolute Gasteiger partial charge is 0.261 e. The lowest BCUT2D eigenvalue weighted by molar-refractivity contribution is -0.142. The molecule has 2 aromatic rings. The number of methoxy groups -OCH3 is 1. The summed E-state index contributed by atoms with van der Waals surface area (Å²) in [6.45, 7) is 1.94. The van der Waals surface area contributed by atoms with Crippen molar-refractivity contribution in [3.8, 4) is 11.5 Å². The Balaban J connectivity index is 1.71. The second kappa shape index (κ2) is 12.1. The molecule has 0 aromatic heterocycles. The maximum absolute atomic E-state index is 13.2. The minimum absolute atomic E-state index is 0.123. The molecule has 7 heteroatoms. The molecule has 0 radical (unpaired) electrons. The van der Waals surface area contributed by atoms with Gasteiger partial charge < -0.3 is 19.7 Å². The molecule has 172 valence electrons. The molecule has 0 unspecified atom stereocenters. The molecule has 1 fully saturated rings. The van der Waals surface area contributed by atoms with Crippen molar-refractivity contribution in [2.75, 3.05) is 13.7 Å². The predicted octanol–water partition coefficient (Wildman–Crippen LogP) is 4.54. The minimum atomic E-state index is -0.615. The van der Waals surface area contributed by atoms with E-state index in [0.29, 0.717) is 18.0 Å². The Labute approximate surface area is 203 Å². The van der Waals surface area contributed by atoms with Gasteiger partial charge in [0.1, 0.15) is 17.5 Å². The van der Waals surface area contributed by atoms with Crippen LogP contribution in [0.1, 0.15) is 44.6 Å². The summed E-state index contributed by atoms with van der Waals surface area (Å²) in [5, 5.41) is 3.14. The van der Waals surface area contributed by atoms with Gasteiger partial charge in [-0.25, -0.2) is 0 Å². The molecule has 2 amide bonds. The fraction of sp³-hybridized carbons (Fsp3) is 0.440. The first kappa shape index (κ1) is 24.4. The fourth-order valence-electron chi connectivity index (χ4n) is 3.88. The Hall–Kier alpha value is -2.29. The summed E-state index contributed by atoms with van der Waals surface area (Å²) < 4.78 is 12.1. The van der Waals surface area contributed by atoms with Gasteiger partial charge in [-0.05, 0) is 84.3 Å². The minimum Gasteiger partial charge on any atom is -0.497 e. The second-order valence-electron chi connectivity index (χ2n) is 8.14. The number of halogens is 1. The molecule has 1 saturated carbocycles. The summed E-state index contributed by atoms with van der Waals surface area (Å²) in [5.41, 5.74) is 0.893. The number of benzene rings is 2. The zero-order valence-corrected chi connectivity index (χ0v) is 20.8. The summed E-state index contributed by atoms with van der Waals surface area (Å²) in [6.07, 6.45) is 5.49. The third-order valence-electron chi connectivity index (χ3n) is 5.78. The highest BCUT2D eigenvalue weighted by molar-refractivity contribution is 14.1. The number of hydrogen-bond acceptors (Lipinski definition) is 4. The Morgan fingerprint density at radius 3 is 2.50 bits per heavy atom. The lowest BCUT2D eigenvalue weighted by Crippen LogP contribution is -2.51. The molecule has 2 aromatic carbocycles. The first-order chi connectivity index (χ1) is 15.5. The van der Waals surface area contributed by atoms with E-state index < -0.39 is 6.04 Å². The number of ether oxygens (including phenoxy) is 2. The van der Waals surface area contributed by atoms with Crippen LogP contribution >= 0.6 is 22.6 Å². The second-order valence-corrected chi connectivity index (χ2v) is 9.38. The van der Waals surface area contributed by atoms with E-state index in [1.54, 1.807) is 18.9 Å². The van der Waals surface area contributed by atoms with Gasteiger partial charge in [-0.15, -0.1) is 0 Å². The van der Waals surface area contributed by atoms with Crippen molar-refractivity contribution >= 4 is 34.4 Å². The van der Waals surface area contributed by atoms with Gasteiger partial charge in [0.25, 0.3) is 5.91 Å². The molecule has 1 N–H and O–H groups in total. The topological polar surface area (TPSA) is 67.9 Å². The third kappa shape index (κ3) is 7.12. The monoisotopic (exact) mass is 550 g/mol. The molecule has 0 aliphatic heterocycles. The number of amides is 2. The number of hydrogen-bond donors (Lipinski definition) is 1. The van der Waals surface area contributed by atoms with Crippen LogP contribution in [0.15, 0.2) is 48.5 Å². The van der Waals surface area contributed by atoms with Gasteiger partial charge in [0.05, 0.1) is 7.11 Å². The van der Waals surface area contributed by atoms with Crippen molar-refractivity contribution in [1.29, 1.82) is 0 Å². The Morgan fingerprint density at radius 1 is 1.09 bits per heavy atom. The van der Waals surface area contributed by atoms with Crippen LogP contribution in [0.3, 0.4) is 0 Å². The van der Waals surface area contributed by atoms with E-state index in [-0.39, 0.29) is 24.5 Å². The average Bonchev–Trinajstić information content (AvgIpc) is 2.82. The summed E-state index contributed by atoms with van der Waals surface area (Å²) in [7, 11) is 1.61. The zero-order chi connectivity index (χ0) is 22.9. The molecule has 1 aliphatic rings. The van der Waals surface area contributed by atoms with Crippen LogP contribution in [0.4, 0.5) is 0 Å². The number of rotatable bonds is 9. The Kier molecular flexibility index (Phi) is 9.20. The maximum Gasteiger partial charge on any atom is 0.261 e. The van der Waals surface area contributed by atoms with E-state index in [0.717, 1.165) is 34.8 Å². The van der Waals surface area contributed by atoms with Crippen molar-refractivity contribution in [2.45, 2.75) is 57.7 Å². The van der Waals surface area contributed by atoms with Crippen LogP contribution in [0.5, 0.6) is 11.5 Å². The lowest BCUT2D eigenvalue weighted by atomic mass is 9.95. The van der Waals surface area contributed by atoms with Crippen molar-refractivity contribution in [1.82, 2.24) is 10.2 Å². The highest BCUT2D eigenvalue weighted by Gasteiger charge is 2.28. The van der Waals surface area contributed by atoms with Gasteiger partial charge in [-0.3, -0.25) is 9.59 Å². The van der Waals surface area contributed by atoms with Gasteiger partial charge in [0, 0.05) is 16.2 Å². The first-order valence-electron chi connectivity index (χ1n) is 11.1. The van der Waals surface area contributed by atoms with Gasteiger partial charge in [-0.1, -0.05) is 31.4 Å². The molecule has 0 spiro atoms. The van der Waals surface area contributed by atoms with Gasteiger partial charge in [0.15, 0.2) is 6.61 Å². The van der Waals surface area contributed by atoms with E-state index in [4.69, 9.17) is 9.47 Å². The van der Waals surface area contributed by atoms with E-state index in [1.807, 2.05) is 48.5 Å². The number of carbonyl (C=O) groups is 2. The van der Waals surface area contributed by atoms with Crippen LogP contribution in [-0.2, 0) is 16.1 Å². The van der Waals surface area contributed by atoms with E-state index in [1.165, 1.54) is 6.42 Å². The molecule has 3 rings (SSSR count). The standard InChI is InChI=1S/C25H31IN2O4/c1-18(25(30)27-21-8-4-3-5-9-21)28(16-19-7-6-10-23(15-19)31-2)24(29)17-32-22-13-11-20(26)12-14-22/h6-7,10-15,18,21H,3-5,8-9,16-17H2,1-2H3,(H,27,30)/t18-/m1/s1. The number of carbonyl (C=O) groups excluding carboxylic acids is 2. The van der Waals surface area contributed by atoms with Crippen LogP contribution in [0.25, 0.3) is 0 Å². The largest absolute Gasteiger partial charge is 0.497 e. The number of nitrogens with one attached hydrogen (secondary N) is 1. The van der Waals surface area contributed by atoms with Crippen molar-refractivity contribution < 1.29 is 19.1 Å². The molecular formula is C25H31IN2O4. The molecular weight excluding hydrogens is 519 g/mol. The SMILES string of the molecule is COc1cccc(CN(C(=O)COc2ccc(I)cc2)[C@H](C)C(=O)NC2CCCCC2)c1. The molecule has 0 heterocycles. The zero-order valence-electron chi connectivity index (χ0n) is 18.7. The third-order valence-corrected chi connectivity index (χ3v) is 6.50. The Bertz CT molecular complexity index is 897. The predicted molar refractivity (Wildman–Crippen MR) is 133 cm³/mol. The van der Waals surface area contributed by atoms with Crippen molar-refractivity contribution in [2.24, 2.45) is 0 Å². The summed E-state index contributed by atoms with van der Waals surface area (Å²) >= 11 is 2.22. The Morgan fingerprint density at radius 2 is 1.81 bits per heavy atom. The fourth-order valence-corrected chi connectivity index (χ4v) is 4.24. The summed E-state index contributed by atoms with van der Waals surface area (Å²) in [5.74, 6) is 0.976. The van der Waals surface area contributed by atoms with Gasteiger partial charge >= 0.3 is 0 Å². The quantitative estimate of drug-likeness (QED) is 0.466. The van der Waals surface area contributed by atoms with Gasteiger partial charge in [-0.2, -0.15) is 0 Å². The average molecular weight is 550 g/mol. The van der Waals surface area contributed by atoms with E-state index in [9.17, 15) is 9.59 Å². The molecule has 6 nitrogen and oxygen atoms in total. The van der Waals surface area contributed by atoms with Crippen LogP contribution < -0.4 is 14.8 Å². The molecule has 32 heavy (non-hydrogen) atoms. The summed E-state index contributed by atoms with van der Waals surface area (Å²) in [4.78, 5) is 27.8. The van der Waals surface area contributed by atoms with Crippen LogP contribution in [0, 0.1) is 3.57 Å². The molecule has 1 atom stereocenters. The summed E-state index contributed by atoms with van der Waals surface area (Å²) in [6, 6.07) is 14.6. The molecule has 1 aliphatic carbocycles. The van der Waals surface area contributed by atoms with E-state index >= 15 is 0 Å².